The molecule has 2 aromatic carbocycles. The number of imidazole rings is 1. The summed E-state index contributed by atoms with van der Waals surface area (Å²) in [6, 6.07) is 10.0. The van der Waals surface area contributed by atoms with Gasteiger partial charge in [-0.25, -0.2) is 18.5 Å². The van der Waals surface area contributed by atoms with Crippen molar-refractivity contribution in [1.82, 2.24) is 9.55 Å². The summed E-state index contributed by atoms with van der Waals surface area (Å²) in [6.07, 6.45) is 1.93. The summed E-state index contributed by atoms with van der Waals surface area (Å²) in [7, 11) is -3.81. The number of thioether (sulfide) groups is 1. The average Bonchev–Trinajstić information content (AvgIpc) is 3.04. The minimum absolute atomic E-state index is 0.0147. The fourth-order valence-corrected chi connectivity index (χ4v) is 4.52. The number of carbonyl (C=O) groups excluding carboxylic acids is 1. The maximum absolute atomic E-state index is 12.5. The van der Waals surface area contributed by atoms with Gasteiger partial charge in [-0.2, -0.15) is 0 Å². The minimum Gasteiger partial charge on any atom is -0.325 e. The fourth-order valence-electron chi connectivity index (χ4n) is 2.97. The first-order chi connectivity index (χ1) is 14.2. The summed E-state index contributed by atoms with van der Waals surface area (Å²) in [5.74, 6) is -0.0200. The third-order valence-electron chi connectivity index (χ3n) is 4.62. The van der Waals surface area contributed by atoms with E-state index in [-0.39, 0.29) is 16.6 Å². The maximum Gasteiger partial charge on any atom is 0.238 e. The second kappa shape index (κ2) is 9.38. The van der Waals surface area contributed by atoms with E-state index in [1.54, 1.807) is 24.3 Å². The van der Waals surface area contributed by atoms with Crippen LogP contribution in [0.4, 0.5) is 5.69 Å². The Hall–Kier alpha value is -2.07. The summed E-state index contributed by atoms with van der Waals surface area (Å²) in [4.78, 5) is 17.0. The number of aromatic nitrogens is 2. The normalized spacial score (nSPS) is 11.7. The molecule has 10 heteroatoms. The van der Waals surface area contributed by atoms with E-state index in [1.807, 2.05) is 11.5 Å². The van der Waals surface area contributed by atoms with Crippen LogP contribution in [0.15, 0.2) is 46.5 Å². The van der Waals surface area contributed by atoms with E-state index < -0.39 is 10.0 Å². The molecule has 3 rings (SSSR count). The predicted molar refractivity (Wildman–Crippen MR) is 122 cm³/mol. The van der Waals surface area contributed by atoms with Gasteiger partial charge < -0.3 is 9.88 Å². The first-order valence-electron chi connectivity index (χ1n) is 9.41. The first-order valence-corrected chi connectivity index (χ1v) is 12.3. The molecule has 0 unspecified atom stereocenters. The number of hydrogen-bond donors (Lipinski definition) is 2. The van der Waals surface area contributed by atoms with Gasteiger partial charge in [0, 0.05) is 17.3 Å². The molecule has 1 heterocycles. The number of nitrogens with zero attached hydrogens (tertiary/aromatic N) is 2. The summed E-state index contributed by atoms with van der Waals surface area (Å²) < 4.78 is 25.3. The Bertz CT molecular complexity index is 1190. The molecule has 3 aromatic rings. The molecule has 0 spiro atoms. The number of primary sulfonamides is 1. The number of nitrogens with two attached hydrogens (primary N) is 1. The van der Waals surface area contributed by atoms with Crippen LogP contribution in [0.25, 0.3) is 11.0 Å². The number of hydrogen-bond acceptors (Lipinski definition) is 5. The summed E-state index contributed by atoms with van der Waals surface area (Å²) >= 11 is 7.41. The average molecular weight is 467 g/mol. The van der Waals surface area contributed by atoms with Crippen LogP contribution >= 0.6 is 23.4 Å². The van der Waals surface area contributed by atoms with Gasteiger partial charge in [0.1, 0.15) is 0 Å². The molecule has 0 aliphatic carbocycles. The smallest absolute Gasteiger partial charge is 0.238 e. The van der Waals surface area contributed by atoms with Crippen LogP contribution in [0.3, 0.4) is 0 Å². The number of halogens is 1. The van der Waals surface area contributed by atoms with E-state index in [1.165, 1.54) is 23.9 Å². The Balaban J connectivity index is 1.83. The monoisotopic (exact) mass is 466 g/mol. The number of aryl methyl sites for hydroxylation is 1. The third-order valence-corrected chi connectivity index (χ3v) is 6.92. The molecule has 1 aromatic heterocycles. The van der Waals surface area contributed by atoms with Crippen molar-refractivity contribution in [1.29, 1.82) is 0 Å². The van der Waals surface area contributed by atoms with E-state index in [2.05, 4.69) is 17.2 Å². The lowest BCUT2D eigenvalue weighted by molar-refractivity contribution is -0.113. The molecule has 0 fully saturated rings. The Morgan fingerprint density at radius 2 is 2.07 bits per heavy atom. The summed E-state index contributed by atoms with van der Waals surface area (Å²) in [6.45, 7) is 4.66. The van der Waals surface area contributed by atoms with Crippen LogP contribution < -0.4 is 10.5 Å². The van der Waals surface area contributed by atoms with Crippen LogP contribution in [0, 0.1) is 6.92 Å². The zero-order valence-electron chi connectivity index (χ0n) is 16.7. The van der Waals surface area contributed by atoms with Crippen molar-refractivity contribution in [2.24, 2.45) is 5.14 Å². The topological polar surface area (TPSA) is 107 Å². The van der Waals surface area contributed by atoms with Gasteiger partial charge in [-0.05, 0) is 49.2 Å². The van der Waals surface area contributed by atoms with Gasteiger partial charge in [-0.15, -0.1) is 0 Å². The van der Waals surface area contributed by atoms with Crippen molar-refractivity contribution in [2.45, 2.75) is 43.3 Å². The van der Waals surface area contributed by atoms with E-state index in [4.69, 9.17) is 16.7 Å². The standard InChI is InChI=1S/C20H23ClN4O3S2/c1-3-4-10-25-18-9-8-14(30(22,27)28)11-17(18)24-20(25)29-12-19(26)23-16-7-5-6-15(21)13(16)2/h5-9,11H,3-4,10,12H2,1-2H3,(H,23,26)(H2,22,27,28). The highest BCUT2D eigenvalue weighted by Gasteiger charge is 2.16. The Morgan fingerprint density at radius 1 is 1.30 bits per heavy atom. The van der Waals surface area contributed by atoms with Crippen molar-refractivity contribution in [2.75, 3.05) is 11.1 Å². The fraction of sp³-hybridized carbons (Fsp3) is 0.300. The number of nitrogens with one attached hydrogen (secondary N) is 1. The van der Waals surface area contributed by atoms with Crippen LogP contribution in [0.1, 0.15) is 25.3 Å². The molecular weight excluding hydrogens is 444 g/mol. The molecule has 0 bridgehead atoms. The molecule has 0 radical (unpaired) electrons. The van der Waals surface area contributed by atoms with Crippen LogP contribution in [-0.2, 0) is 21.4 Å². The Morgan fingerprint density at radius 3 is 2.77 bits per heavy atom. The van der Waals surface area contributed by atoms with Crippen LogP contribution in [0.2, 0.25) is 5.02 Å². The van der Waals surface area contributed by atoms with E-state index in [0.29, 0.717) is 21.4 Å². The molecule has 0 aliphatic heterocycles. The number of fused-ring (bicyclic) bond motifs is 1. The number of amides is 1. The quantitative estimate of drug-likeness (QED) is 0.484. The van der Waals surface area contributed by atoms with Crippen LogP contribution in [-0.4, -0.2) is 29.6 Å². The lowest BCUT2D eigenvalue weighted by atomic mass is 10.2. The van der Waals surface area contributed by atoms with Gasteiger partial charge in [-0.3, -0.25) is 4.79 Å². The highest BCUT2D eigenvalue weighted by molar-refractivity contribution is 7.99. The third kappa shape index (κ3) is 5.15. The number of sulfonamides is 1. The van der Waals surface area contributed by atoms with Crippen LogP contribution in [0.5, 0.6) is 0 Å². The van der Waals surface area contributed by atoms with Gasteiger partial charge >= 0.3 is 0 Å². The molecular formula is C20H23ClN4O3S2. The SMILES string of the molecule is CCCCn1c(SCC(=O)Nc2cccc(Cl)c2C)nc2cc(S(N)(=O)=O)ccc21. The zero-order valence-corrected chi connectivity index (χ0v) is 19.1. The molecule has 1 amide bonds. The zero-order chi connectivity index (χ0) is 21.9. The maximum atomic E-state index is 12.5. The number of unbranched alkanes of at least 4 members (excludes halogenated alkanes) is 1. The van der Waals surface area contributed by atoms with Crippen molar-refractivity contribution >= 4 is 56.0 Å². The van der Waals surface area contributed by atoms with E-state index in [0.717, 1.165) is 30.5 Å². The molecule has 7 nitrogen and oxygen atoms in total. The molecule has 30 heavy (non-hydrogen) atoms. The van der Waals surface area contributed by atoms with E-state index >= 15 is 0 Å². The highest BCUT2D eigenvalue weighted by atomic mass is 35.5. The Kier molecular flexibility index (Phi) is 7.07. The molecule has 0 saturated carbocycles. The second-order valence-corrected chi connectivity index (χ2v) is 9.76. The molecule has 160 valence electrons. The number of anilines is 1. The number of rotatable bonds is 8. The molecule has 0 atom stereocenters. The van der Waals surface area contributed by atoms with E-state index in [9.17, 15) is 13.2 Å². The number of carbonyl (C=O) groups is 1. The van der Waals surface area contributed by atoms with Gasteiger partial charge in [0.15, 0.2) is 5.16 Å². The van der Waals surface area contributed by atoms with Crippen molar-refractivity contribution in [3.8, 4) is 0 Å². The van der Waals surface area contributed by atoms with Crippen molar-refractivity contribution < 1.29 is 13.2 Å². The van der Waals surface area contributed by atoms with Gasteiger partial charge in [0.05, 0.1) is 21.7 Å². The molecule has 3 N–H and O–H groups in total. The lowest BCUT2D eigenvalue weighted by Gasteiger charge is -2.10. The predicted octanol–water partition coefficient (Wildman–Crippen LogP) is 4.18. The van der Waals surface area contributed by atoms with Crippen molar-refractivity contribution in [3.63, 3.8) is 0 Å². The molecule has 0 saturated heterocycles. The van der Waals surface area contributed by atoms with Gasteiger partial charge in [0.2, 0.25) is 15.9 Å². The first kappa shape index (κ1) is 22.6. The van der Waals surface area contributed by atoms with Gasteiger partial charge in [0.25, 0.3) is 0 Å². The highest BCUT2D eigenvalue weighted by Crippen LogP contribution is 2.27. The number of benzene rings is 2. The largest absolute Gasteiger partial charge is 0.325 e. The van der Waals surface area contributed by atoms with Crippen molar-refractivity contribution in [3.05, 3.63) is 47.0 Å². The summed E-state index contributed by atoms with van der Waals surface area (Å²) in [5, 5.41) is 9.35. The molecule has 0 aliphatic rings. The summed E-state index contributed by atoms with van der Waals surface area (Å²) in [5.41, 5.74) is 2.82. The minimum atomic E-state index is -3.81. The Labute approximate surface area is 185 Å². The van der Waals surface area contributed by atoms with Gasteiger partial charge in [-0.1, -0.05) is 42.8 Å². The second-order valence-electron chi connectivity index (χ2n) is 6.84. The lowest BCUT2D eigenvalue weighted by Crippen LogP contribution is -2.15.